The highest BCUT2D eigenvalue weighted by Gasteiger charge is 2.49. The van der Waals surface area contributed by atoms with E-state index in [4.69, 9.17) is 4.84 Å². The Morgan fingerprint density at radius 3 is 2.26 bits per heavy atom. The van der Waals surface area contributed by atoms with Gasteiger partial charge in [0.2, 0.25) is 5.91 Å². The first-order valence-corrected chi connectivity index (χ1v) is 12.6. The van der Waals surface area contributed by atoms with Crippen molar-refractivity contribution in [1.82, 2.24) is 20.2 Å². The van der Waals surface area contributed by atoms with Gasteiger partial charge in [-0.1, -0.05) is 45.9 Å². The second kappa shape index (κ2) is 10.4. The van der Waals surface area contributed by atoms with Gasteiger partial charge in [-0.25, -0.2) is 0 Å². The number of rotatable bonds is 6. The van der Waals surface area contributed by atoms with Gasteiger partial charge in [-0.3, -0.25) is 19.2 Å². The van der Waals surface area contributed by atoms with Gasteiger partial charge in [0.1, 0.15) is 12.2 Å². The lowest BCUT2D eigenvalue weighted by Gasteiger charge is -2.52. The van der Waals surface area contributed by atoms with Crippen LogP contribution in [0.4, 0.5) is 0 Å². The highest BCUT2D eigenvalue weighted by atomic mass is 16.7. The van der Waals surface area contributed by atoms with Gasteiger partial charge in [-0.05, 0) is 49.7 Å². The van der Waals surface area contributed by atoms with E-state index in [1.807, 2.05) is 40.1 Å². The third kappa shape index (κ3) is 5.13. The highest BCUT2D eigenvalue weighted by molar-refractivity contribution is 5.94. The van der Waals surface area contributed by atoms with Crippen molar-refractivity contribution in [2.45, 2.75) is 77.7 Å². The average Bonchev–Trinajstić information content (AvgIpc) is 2.82. The molecule has 3 aliphatic rings. The fourth-order valence-corrected chi connectivity index (χ4v) is 5.38. The molecule has 0 unspecified atom stereocenters. The lowest BCUT2D eigenvalue weighted by Crippen LogP contribution is -2.73. The zero-order valence-electron chi connectivity index (χ0n) is 20.8. The van der Waals surface area contributed by atoms with Crippen molar-refractivity contribution >= 4 is 17.7 Å². The van der Waals surface area contributed by atoms with E-state index in [1.54, 1.807) is 4.90 Å². The largest absolute Gasteiger partial charge is 0.338 e. The number of carbonyl (C=O) groups is 3. The minimum Gasteiger partial charge on any atom is -0.338 e. The fourth-order valence-electron chi connectivity index (χ4n) is 5.38. The molecular formula is C26H38N4O4. The van der Waals surface area contributed by atoms with Crippen LogP contribution in [0.15, 0.2) is 30.3 Å². The SMILES string of the molecule is CC(C)C[C@H]1ON[C@H]2CN(C3CCN(C(=O)c4ccccc4)CC3)C(=O)[C@H](CC(C)C)N2C1=O. The predicted octanol–water partition coefficient (Wildman–Crippen LogP) is 2.65. The Labute approximate surface area is 202 Å². The van der Waals surface area contributed by atoms with E-state index in [-0.39, 0.29) is 35.8 Å². The molecule has 3 saturated heterocycles. The summed E-state index contributed by atoms with van der Waals surface area (Å²) in [6, 6.07) is 8.90. The number of benzene rings is 1. The van der Waals surface area contributed by atoms with Crippen LogP contribution in [0.25, 0.3) is 0 Å². The predicted molar refractivity (Wildman–Crippen MR) is 128 cm³/mol. The van der Waals surface area contributed by atoms with E-state index in [0.29, 0.717) is 44.0 Å². The molecule has 186 valence electrons. The second-order valence-corrected chi connectivity index (χ2v) is 10.6. The summed E-state index contributed by atoms with van der Waals surface area (Å²) in [5.74, 6) is 0.574. The van der Waals surface area contributed by atoms with Crippen molar-refractivity contribution in [3.63, 3.8) is 0 Å². The standard InChI is InChI=1S/C26H38N4O4/c1-17(2)14-21-25(32)29(16-23-27-34-22(15-18(3)4)26(33)30(21)23)20-10-12-28(13-11-20)24(31)19-8-6-5-7-9-19/h5-9,17-18,20-23,27H,10-16H2,1-4H3/t21-,22+,23+/m0/s1. The number of amides is 3. The van der Waals surface area contributed by atoms with Gasteiger partial charge in [-0.15, -0.1) is 0 Å². The Hall–Kier alpha value is -2.45. The molecule has 3 atom stereocenters. The number of hydrogen-bond acceptors (Lipinski definition) is 5. The Kier molecular flexibility index (Phi) is 7.57. The maximum atomic E-state index is 13.7. The van der Waals surface area contributed by atoms with Gasteiger partial charge in [0.05, 0.1) is 6.54 Å². The van der Waals surface area contributed by atoms with Crippen LogP contribution in [0.1, 0.15) is 63.7 Å². The van der Waals surface area contributed by atoms with Crippen molar-refractivity contribution in [3.8, 4) is 0 Å². The maximum absolute atomic E-state index is 13.7. The molecule has 3 heterocycles. The van der Waals surface area contributed by atoms with E-state index in [1.165, 1.54) is 0 Å². The minimum atomic E-state index is -0.558. The number of likely N-dealkylation sites (tertiary alicyclic amines) is 1. The second-order valence-electron chi connectivity index (χ2n) is 10.6. The first kappa shape index (κ1) is 24.7. The first-order valence-electron chi connectivity index (χ1n) is 12.6. The summed E-state index contributed by atoms with van der Waals surface area (Å²) >= 11 is 0. The van der Waals surface area contributed by atoms with Crippen molar-refractivity contribution in [3.05, 3.63) is 35.9 Å². The topological polar surface area (TPSA) is 82.2 Å². The molecule has 4 rings (SSSR count). The Bertz CT molecular complexity index is 882. The van der Waals surface area contributed by atoms with Gasteiger partial charge in [0, 0.05) is 24.7 Å². The van der Waals surface area contributed by atoms with Gasteiger partial charge in [-0.2, -0.15) is 5.48 Å². The number of piperazine rings is 1. The van der Waals surface area contributed by atoms with Gasteiger partial charge < -0.3 is 14.7 Å². The van der Waals surface area contributed by atoms with Crippen LogP contribution >= 0.6 is 0 Å². The van der Waals surface area contributed by atoms with E-state index in [0.717, 1.165) is 12.8 Å². The summed E-state index contributed by atoms with van der Waals surface area (Å²) in [6.07, 6.45) is 1.81. The van der Waals surface area contributed by atoms with Crippen molar-refractivity contribution in [1.29, 1.82) is 0 Å². The van der Waals surface area contributed by atoms with E-state index in [2.05, 4.69) is 33.2 Å². The summed E-state index contributed by atoms with van der Waals surface area (Å²) in [7, 11) is 0. The number of hydrogen-bond donors (Lipinski definition) is 1. The molecule has 8 nitrogen and oxygen atoms in total. The number of nitrogens with zero attached hydrogens (tertiary/aromatic N) is 3. The average molecular weight is 471 g/mol. The number of fused-ring (bicyclic) bond motifs is 1. The molecule has 34 heavy (non-hydrogen) atoms. The molecule has 1 aromatic carbocycles. The third-order valence-electron chi connectivity index (χ3n) is 7.08. The Morgan fingerprint density at radius 2 is 1.65 bits per heavy atom. The van der Waals surface area contributed by atoms with Crippen molar-refractivity contribution in [2.75, 3.05) is 19.6 Å². The number of hydroxylamine groups is 1. The van der Waals surface area contributed by atoms with E-state index in [9.17, 15) is 14.4 Å². The molecule has 1 N–H and O–H groups in total. The summed E-state index contributed by atoms with van der Waals surface area (Å²) in [4.78, 5) is 51.2. The summed E-state index contributed by atoms with van der Waals surface area (Å²) in [5, 5.41) is 0. The summed E-state index contributed by atoms with van der Waals surface area (Å²) in [5.41, 5.74) is 3.79. The lowest BCUT2D eigenvalue weighted by molar-refractivity contribution is -0.201. The van der Waals surface area contributed by atoms with E-state index >= 15 is 0 Å². The zero-order valence-corrected chi connectivity index (χ0v) is 20.8. The molecule has 8 heteroatoms. The maximum Gasteiger partial charge on any atom is 0.255 e. The number of nitrogens with one attached hydrogen (secondary N) is 1. The molecule has 0 saturated carbocycles. The quantitative estimate of drug-likeness (QED) is 0.691. The normalized spacial score (nSPS) is 26.4. The molecule has 3 aliphatic heterocycles. The highest BCUT2D eigenvalue weighted by Crippen LogP contribution is 2.30. The molecule has 0 aliphatic carbocycles. The van der Waals surface area contributed by atoms with Crippen molar-refractivity contribution < 1.29 is 19.2 Å². The summed E-state index contributed by atoms with van der Waals surface area (Å²) < 4.78 is 0. The fraction of sp³-hybridized carbons (Fsp3) is 0.654. The number of piperidine rings is 1. The van der Waals surface area contributed by atoms with Gasteiger partial charge >= 0.3 is 0 Å². The Balaban J connectivity index is 1.45. The molecule has 0 spiro atoms. The minimum absolute atomic E-state index is 0.0260. The zero-order chi connectivity index (χ0) is 24.4. The van der Waals surface area contributed by atoms with Crippen LogP contribution in [0, 0.1) is 11.8 Å². The molecule has 3 fully saturated rings. The Morgan fingerprint density at radius 1 is 1.00 bits per heavy atom. The van der Waals surface area contributed by atoms with E-state index < -0.39 is 12.1 Å². The smallest absolute Gasteiger partial charge is 0.255 e. The molecular weight excluding hydrogens is 432 g/mol. The monoisotopic (exact) mass is 470 g/mol. The molecule has 1 aromatic rings. The first-order chi connectivity index (χ1) is 16.3. The van der Waals surface area contributed by atoms with Crippen molar-refractivity contribution in [2.24, 2.45) is 11.8 Å². The molecule has 0 radical (unpaired) electrons. The molecule has 3 amide bonds. The van der Waals surface area contributed by atoms with Crippen LogP contribution < -0.4 is 5.48 Å². The van der Waals surface area contributed by atoms with Crippen LogP contribution in [0.2, 0.25) is 0 Å². The lowest BCUT2D eigenvalue weighted by atomic mass is 9.93. The molecule has 0 aromatic heterocycles. The van der Waals surface area contributed by atoms with Crippen LogP contribution in [-0.2, 0) is 14.4 Å². The van der Waals surface area contributed by atoms with Crippen LogP contribution in [0.5, 0.6) is 0 Å². The summed E-state index contributed by atoms with van der Waals surface area (Å²) in [6.45, 7) is 9.93. The van der Waals surface area contributed by atoms with Crippen LogP contribution in [-0.4, -0.2) is 76.4 Å². The van der Waals surface area contributed by atoms with Gasteiger partial charge in [0.25, 0.3) is 11.8 Å². The molecule has 0 bridgehead atoms. The third-order valence-corrected chi connectivity index (χ3v) is 7.08. The van der Waals surface area contributed by atoms with Crippen LogP contribution in [0.3, 0.4) is 0 Å². The van der Waals surface area contributed by atoms with Gasteiger partial charge in [0.15, 0.2) is 6.10 Å². The number of carbonyl (C=O) groups excluding carboxylic acids is 3.